The van der Waals surface area contributed by atoms with Crippen molar-refractivity contribution in [2.45, 2.75) is 32.7 Å². The lowest BCUT2D eigenvalue weighted by Gasteiger charge is -2.07. The van der Waals surface area contributed by atoms with Crippen molar-refractivity contribution in [1.29, 1.82) is 0 Å². The molecule has 0 aliphatic heterocycles. The van der Waals surface area contributed by atoms with Crippen molar-refractivity contribution in [3.8, 4) is 5.88 Å². The van der Waals surface area contributed by atoms with Gasteiger partial charge in [-0.25, -0.2) is 9.98 Å². The van der Waals surface area contributed by atoms with Gasteiger partial charge >= 0.3 is 0 Å². The summed E-state index contributed by atoms with van der Waals surface area (Å²) >= 11 is 0. The first-order valence-electron chi connectivity index (χ1n) is 8.46. The molecule has 0 unspecified atom stereocenters. The van der Waals surface area contributed by atoms with E-state index in [0.717, 1.165) is 24.3 Å². The van der Waals surface area contributed by atoms with Gasteiger partial charge < -0.3 is 15.8 Å². The number of ether oxygens (including phenoxy) is 1. The lowest BCUT2D eigenvalue weighted by Crippen LogP contribution is -2.22. The summed E-state index contributed by atoms with van der Waals surface area (Å²) in [6.07, 6.45) is 5.31. The summed E-state index contributed by atoms with van der Waals surface area (Å²) in [6, 6.07) is 12.0. The summed E-state index contributed by atoms with van der Waals surface area (Å²) in [4.78, 5) is 8.61. The first-order valence-corrected chi connectivity index (χ1v) is 8.46. The highest BCUT2D eigenvalue weighted by atomic mass is 127. The van der Waals surface area contributed by atoms with E-state index in [0.29, 0.717) is 24.3 Å². The van der Waals surface area contributed by atoms with E-state index in [9.17, 15) is 0 Å². The summed E-state index contributed by atoms with van der Waals surface area (Å²) in [7, 11) is 0. The van der Waals surface area contributed by atoms with E-state index in [1.54, 1.807) is 6.20 Å². The van der Waals surface area contributed by atoms with Crippen LogP contribution in [0, 0.1) is 5.92 Å². The van der Waals surface area contributed by atoms with Crippen LogP contribution in [0.4, 0.5) is 5.69 Å². The van der Waals surface area contributed by atoms with Crippen LogP contribution >= 0.6 is 24.0 Å². The lowest BCUT2D eigenvalue weighted by molar-refractivity contribution is 0.288. The number of pyridine rings is 1. The number of guanidine groups is 1. The fourth-order valence-corrected chi connectivity index (χ4v) is 2.30. The number of aliphatic imine (C=N–C) groups is 1. The van der Waals surface area contributed by atoms with E-state index in [2.05, 4.69) is 34.3 Å². The first kappa shape index (κ1) is 19.5. The fourth-order valence-electron chi connectivity index (χ4n) is 2.30. The monoisotopic (exact) mass is 452 g/mol. The molecule has 3 rings (SSSR count). The quantitative estimate of drug-likeness (QED) is 0.379. The molecule has 25 heavy (non-hydrogen) atoms. The number of nitrogens with zero attached hydrogens (tertiary/aromatic N) is 2. The Labute approximate surface area is 166 Å². The minimum atomic E-state index is 0. The molecule has 1 aliphatic carbocycles. The zero-order chi connectivity index (χ0) is 16.8. The van der Waals surface area contributed by atoms with Gasteiger partial charge in [-0.1, -0.05) is 19.1 Å². The van der Waals surface area contributed by atoms with Gasteiger partial charge in [0, 0.05) is 18.0 Å². The van der Waals surface area contributed by atoms with Crippen molar-refractivity contribution in [2.75, 3.05) is 11.9 Å². The van der Waals surface area contributed by atoms with Gasteiger partial charge in [-0.2, -0.15) is 0 Å². The number of anilines is 1. The topological polar surface area (TPSA) is 72.5 Å². The molecule has 3 N–H and O–H groups in total. The molecule has 134 valence electrons. The van der Waals surface area contributed by atoms with Crippen molar-refractivity contribution in [2.24, 2.45) is 16.6 Å². The van der Waals surface area contributed by atoms with Crippen LogP contribution in [-0.2, 0) is 13.0 Å². The number of nitrogens with one attached hydrogen (secondary N) is 1. The van der Waals surface area contributed by atoms with Crippen molar-refractivity contribution >= 4 is 35.6 Å². The summed E-state index contributed by atoms with van der Waals surface area (Å²) in [5.74, 6) is 1.78. The first-order chi connectivity index (χ1) is 11.7. The van der Waals surface area contributed by atoms with Crippen LogP contribution in [0.15, 0.2) is 47.6 Å². The molecule has 1 aromatic heterocycles. The van der Waals surface area contributed by atoms with Gasteiger partial charge in [0.05, 0.1) is 13.2 Å². The van der Waals surface area contributed by atoms with Crippen LogP contribution in [0.25, 0.3) is 0 Å². The highest BCUT2D eigenvalue weighted by molar-refractivity contribution is 14.0. The maximum Gasteiger partial charge on any atom is 0.213 e. The number of aromatic nitrogens is 1. The molecular formula is C19H25IN4O. The van der Waals surface area contributed by atoms with Gasteiger partial charge in [0.1, 0.15) is 0 Å². The summed E-state index contributed by atoms with van der Waals surface area (Å²) in [5, 5.41) is 3.11. The van der Waals surface area contributed by atoms with E-state index >= 15 is 0 Å². The Bertz CT molecular complexity index is 699. The molecule has 1 fully saturated rings. The Morgan fingerprint density at radius 1 is 1.24 bits per heavy atom. The molecule has 6 heteroatoms. The van der Waals surface area contributed by atoms with Gasteiger partial charge in [0.15, 0.2) is 5.96 Å². The second-order valence-electron chi connectivity index (χ2n) is 6.13. The fraction of sp³-hybridized carbons (Fsp3) is 0.368. The highest BCUT2D eigenvalue weighted by Gasteiger charge is 2.22. The maximum atomic E-state index is 5.96. The van der Waals surface area contributed by atoms with Gasteiger partial charge in [-0.15, -0.1) is 24.0 Å². The second-order valence-corrected chi connectivity index (χ2v) is 6.13. The van der Waals surface area contributed by atoms with Crippen LogP contribution in [0.2, 0.25) is 0 Å². The van der Waals surface area contributed by atoms with Crippen LogP contribution in [0.3, 0.4) is 0 Å². The van der Waals surface area contributed by atoms with Crippen LogP contribution in [0.5, 0.6) is 5.88 Å². The average molecular weight is 452 g/mol. The van der Waals surface area contributed by atoms with Gasteiger partial charge in [-0.3, -0.25) is 0 Å². The van der Waals surface area contributed by atoms with Crippen LogP contribution < -0.4 is 15.8 Å². The summed E-state index contributed by atoms with van der Waals surface area (Å²) < 4.78 is 5.69. The van der Waals surface area contributed by atoms with E-state index < -0.39 is 0 Å². The largest absolute Gasteiger partial charge is 0.477 e. The third-order valence-corrected chi connectivity index (χ3v) is 4.03. The smallest absolute Gasteiger partial charge is 0.213 e. The third kappa shape index (κ3) is 6.53. The van der Waals surface area contributed by atoms with Gasteiger partial charge in [0.2, 0.25) is 5.88 Å². The second kappa shape index (κ2) is 9.60. The molecule has 0 amide bonds. The van der Waals surface area contributed by atoms with E-state index in [4.69, 9.17) is 10.5 Å². The van der Waals surface area contributed by atoms with Crippen molar-refractivity contribution in [1.82, 2.24) is 4.98 Å². The molecule has 0 bridgehead atoms. The Hall–Kier alpha value is -1.83. The van der Waals surface area contributed by atoms with Crippen molar-refractivity contribution < 1.29 is 4.74 Å². The summed E-state index contributed by atoms with van der Waals surface area (Å²) in [6.45, 7) is 3.39. The Kier molecular flexibility index (Phi) is 7.49. The predicted octanol–water partition coefficient (Wildman–Crippen LogP) is 3.98. The van der Waals surface area contributed by atoms with E-state index in [1.807, 2.05) is 24.3 Å². The molecule has 0 atom stereocenters. The molecule has 1 aliphatic rings. The Morgan fingerprint density at radius 2 is 2.00 bits per heavy atom. The molecule has 2 aromatic rings. The number of hydrogen-bond acceptors (Lipinski definition) is 3. The number of halogens is 1. The lowest BCUT2D eigenvalue weighted by atomic mass is 10.1. The number of hydrogen-bond donors (Lipinski definition) is 2. The molecular weight excluding hydrogens is 427 g/mol. The Morgan fingerprint density at radius 3 is 2.68 bits per heavy atom. The maximum absolute atomic E-state index is 5.96. The zero-order valence-electron chi connectivity index (χ0n) is 14.4. The normalized spacial score (nSPS) is 13.9. The molecule has 0 spiro atoms. The van der Waals surface area contributed by atoms with E-state index in [-0.39, 0.29) is 24.0 Å². The Balaban J connectivity index is 0.00000225. The zero-order valence-corrected chi connectivity index (χ0v) is 16.8. The molecule has 1 aromatic carbocycles. The number of aryl methyl sites for hydroxylation is 1. The standard InChI is InChI=1S/C19H24N4O.HI/c1-2-14-5-7-17(8-6-14)23-19(20)22-12-16-9-10-21-18(11-16)24-13-15-3-4-15;/h5-11,15H,2-4,12-13H2,1H3,(H3,20,22,23);1H. The van der Waals surface area contributed by atoms with Crippen molar-refractivity contribution in [3.63, 3.8) is 0 Å². The number of benzene rings is 1. The molecule has 5 nitrogen and oxygen atoms in total. The SMILES string of the molecule is CCc1ccc(NC(N)=NCc2ccnc(OCC3CC3)c2)cc1.I. The summed E-state index contributed by atoms with van der Waals surface area (Å²) in [5.41, 5.74) is 9.23. The van der Waals surface area contributed by atoms with Crippen molar-refractivity contribution in [3.05, 3.63) is 53.7 Å². The molecule has 1 saturated carbocycles. The minimum Gasteiger partial charge on any atom is -0.477 e. The molecule has 1 heterocycles. The van der Waals surface area contributed by atoms with E-state index in [1.165, 1.54) is 18.4 Å². The average Bonchev–Trinajstić information content (AvgIpc) is 3.44. The third-order valence-electron chi connectivity index (χ3n) is 4.03. The van der Waals surface area contributed by atoms with Crippen LogP contribution in [0.1, 0.15) is 30.9 Å². The minimum absolute atomic E-state index is 0. The molecule has 0 radical (unpaired) electrons. The molecule has 0 saturated heterocycles. The highest BCUT2D eigenvalue weighted by Crippen LogP contribution is 2.29. The predicted molar refractivity (Wildman–Crippen MR) is 113 cm³/mol. The van der Waals surface area contributed by atoms with Gasteiger partial charge in [-0.05, 0) is 54.5 Å². The number of nitrogens with two attached hydrogens (primary N) is 1. The number of rotatable bonds is 7. The van der Waals surface area contributed by atoms with Crippen LogP contribution in [-0.4, -0.2) is 17.6 Å². The van der Waals surface area contributed by atoms with Gasteiger partial charge in [0.25, 0.3) is 0 Å².